The van der Waals surface area contributed by atoms with Gasteiger partial charge in [-0.05, 0) is 73.5 Å². The minimum absolute atomic E-state index is 0.0188. The topological polar surface area (TPSA) is 127 Å². The number of amides is 1. The van der Waals surface area contributed by atoms with Crippen LogP contribution in [-0.4, -0.2) is 29.4 Å². The highest BCUT2D eigenvalue weighted by Crippen LogP contribution is 2.45. The molecule has 0 unspecified atom stereocenters. The Morgan fingerprint density at radius 2 is 1.68 bits per heavy atom. The molecule has 2 aromatic carbocycles. The molecule has 0 atom stereocenters. The number of nitrogens with one attached hydrogen (secondary N) is 2. The van der Waals surface area contributed by atoms with Gasteiger partial charge in [0.05, 0.1) is 4.90 Å². The van der Waals surface area contributed by atoms with Crippen molar-refractivity contribution >= 4 is 27.3 Å². The highest BCUT2D eigenvalue weighted by molar-refractivity contribution is 7.92. The van der Waals surface area contributed by atoms with Crippen molar-refractivity contribution in [2.75, 3.05) is 10.0 Å². The fourth-order valence-corrected chi connectivity index (χ4v) is 4.31. The van der Waals surface area contributed by atoms with Crippen molar-refractivity contribution in [3.63, 3.8) is 0 Å². The first-order chi connectivity index (χ1) is 16.3. The molecule has 4 aromatic rings. The average Bonchev–Trinajstić information content (AvgIpc) is 3.41. The Bertz CT molecular complexity index is 1430. The van der Waals surface area contributed by atoms with Crippen LogP contribution in [0.25, 0.3) is 23.0 Å². The van der Waals surface area contributed by atoms with E-state index in [2.05, 4.69) is 25.2 Å². The number of carbonyl (C=O) groups is 1. The molecule has 0 aliphatic heterocycles. The number of hydrogen-bond acceptors (Lipinski definition) is 7. The van der Waals surface area contributed by atoms with Crippen LogP contribution in [0.3, 0.4) is 0 Å². The van der Waals surface area contributed by atoms with Crippen molar-refractivity contribution in [3.05, 3.63) is 72.9 Å². The molecule has 2 heterocycles. The van der Waals surface area contributed by atoms with Crippen LogP contribution in [0.1, 0.15) is 19.8 Å². The van der Waals surface area contributed by atoms with Crippen LogP contribution in [0.5, 0.6) is 0 Å². The van der Waals surface area contributed by atoms with Gasteiger partial charge in [0, 0.05) is 28.6 Å². The summed E-state index contributed by atoms with van der Waals surface area (Å²) in [6.07, 6.45) is 3.39. The van der Waals surface area contributed by atoms with Crippen molar-refractivity contribution in [2.45, 2.75) is 24.7 Å². The number of benzene rings is 2. The molecule has 0 radical (unpaired) electrons. The monoisotopic (exact) mass is 475 g/mol. The summed E-state index contributed by atoms with van der Waals surface area (Å²) in [7, 11) is -3.81. The highest BCUT2D eigenvalue weighted by atomic mass is 32.2. The van der Waals surface area contributed by atoms with Gasteiger partial charge in [0.2, 0.25) is 11.7 Å². The molecule has 1 fully saturated rings. The van der Waals surface area contributed by atoms with E-state index in [0.717, 1.165) is 12.8 Å². The number of anilines is 2. The van der Waals surface area contributed by atoms with E-state index in [1.165, 1.54) is 12.1 Å². The molecule has 34 heavy (non-hydrogen) atoms. The lowest BCUT2D eigenvalue weighted by molar-refractivity contribution is -0.120. The molecule has 2 N–H and O–H groups in total. The fraction of sp³-hybridized carbons (Fsp3) is 0.167. The molecular formula is C24H21N5O4S. The van der Waals surface area contributed by atoms with Crippen molar-refractivity contribution < 1.29 is 17.7 Å². The van der Waals surface area contributed by atoms with Gasteiger partial charge in [0.1, 0.15) is 5.69 Å². The summed E-state index contributed by atoms with van der Waals surface area (Å²) in [5, 5.41) is 6.81. The molecule has 1 aliphatic rings. The van der Waals surface area contributed by atoms with E-state index in [-0.39, 0.29) is 22.1 Å². The number of hydrogen-bond donors (Lipinski definition) is 2. The lowest BCUT2D eigenvalue weighted by Gasteiger charge is -2.12. The minimum atomic E-state index is -3.81. The van der Waals surface area contributed by atoms with E-state index < -0.39 is 10.0 Å². The Morgan fingerprint density at radius 3 is 2.32 bits per heavy atom. The number of aromatic nitrogens is 3. The Morgan fingerprint density at radius 1 is 0.971 bits per heavy atom. The summed E-state index contributed by atoms with van der Waals surface area (Å²) in [5.41, 5.74) is 1.88. The van der Waals surface area contributed by atoms with Crippen molar-refractivity contribution in [2.24, 2.45) is 5.41 Å². The number of rotatable bonds is 7. The zero-order chi connectivity index (χ0) is 23.8. The standard InChI is InChI=1S/C24H21N5O4S/c1-24(13-14-24)23(30)26-17-7-9-18(10-8-17)29-34(31,32)19-11-5-16(6-12-19)21-27-22(33-28-21)20-4-2-3-15-25-20/h2-12,15,29H,13-14H2,1H3,(H,26,30). The van der Waals surface area contributed by atoms with Crippen LogP contribution >= 0.6 is 0 Å². The summed E-state index contributed by atoms with van der Waals surface area (Å²) in [6, 6.07) is 18.1. The first kappa shape index (κ1) is 21.8. The molecule has 1 aliphatic carbocycles. The van der Waals surface area contributed by atoms with E-state index in [1.807, 2.05) is 13.0 Å². The zero-order valence-corrected chi connectivity index (χ0v) is 19.0. The van der Waals surface area contributed by atoms with Crippen LogP contribution in [-0.2, 0) is 14.8 Å². The lowest BCUT2D eigenvalue weighted by atomic mass is 10.1. The van der Waals surface area contributed by atoms with Crippen LogP contribution in [0.15, 0.2) is 82.3 Å². The first-order valence-electron chi connectivity index (χ1n) is 10.6. The second-order valence-corrected chi connectivity index (χ2v) is 10.0. The average molecular weight is 476 g/mol. The smallest absolute Gasteiger partial charge is 0.276 e. The van der Waals surface area contributed by atoms with Gasteiger partial charge in [0.15, 0.2) is 0 Å². The quantitative estimate of drug-likeness (QED) is 0.407. The Hall–Kier alpha value is -4.05. The minimum Gasteiger partial charge on any atom is -0.332 e. The maximum absolute atomic E-state index is 12.8. The van der Waals surface area contributed by atoms with Gasteiger partial charge >= 0.3 is 0 Å². The van der Waals surface area contributed by atoms with Gasteiger partial charge in [-0.1, -0.05) is 18.1 Å². The largest absolute Gasteiger partial charge is 0.332 e. The maximum Gasteiger partial charge on any atom is 0.276 e. The molecular weight excluding hydrogens is 454 g/mol. The summed E-state index contributed by atoms with van der Waals surface area (Å²) >= 11 is 0. The molecule has 0 spiro atoms. The molecule has 10 heteroatoms. The third kappa shape index (κ3) is 4.53. The molecule has 2 aromatic heterocycles. The van der Waals surface area contributed by atoms with E-state index >= 15 is 0 Å². The van der Waals surface area contributed by atoms with Crippen molar-refractivity contribution in [1.82, 2.24) is 15.1 Å². The predicted octanol–water partition coefficient (Wildman–Crippen LogP) is 4.34. The van der Waals surface area contributed by atoms with Crippen LogP contribution in [0.2, 0.25) is 0 Å². The third-order valence-corrected chi connectivity index (χ3v) is 7.07. The van der Waals surface area contributed by atoms with Crippen LogP contribution in [0, 0.1) is 5.41 Å². The van der Waals surface area contributed by atoms with Gasteiger partial charge in [-0.2, -0.15) is 4.98 Å². The number of pyridine rings is 1. The molecule has 172 valence electrons. The first-order valence-corrected chi connectivity index (χ1v) is 12.1. The summed E-state index contributed by atoms with van der Waals surface area (Å²) in [6.45, 7) is 1.92. The molecule has 1 saturated carbocycles. The van der Waals surface area contributed by atoms with Crippen LogP contribution < -0.4 is 10.0 Å². The fourth-order valence-electron chi connectivity index (χ4n) is 3.25. The summed E-state index contributed by atoms with van der Waals surface area (Å²) < 4.78 is 33.4. The lowest BCUT2D eigenvalue weighted by Crippen LogP contribution is -2.21. The highest BCUT2D eigenvalue weighted by Gasteiger charge is 2.44. The molecule has 9 nitrogen and oxygen atoms in total. The summed E-state index contributed by atoms with van der Waals surface area (Å²) in [5.74, 6) is 0.588. The molecule has 1 amide bonds. The van der Waals surface area contributed by atoms with Gasteiger partial charge in [-0.25, -0.2) is 8.42 Å². The molecule has 0 bridgehead atoms. The van der Waals surface area contributed by atoms with Gasteiger partial charge in [-0.15, -0.1) is 0 Å². The number of sulfonamides is 1. The zero-order valence-electron chi connectivity index (χ0n) is 18.2. The van der Waals surface area contributed by atoms with Crippen LogP contribution in [0.4, 0.5) is 11.4 Å². The van der Waals surface area contributed by atoms with Gasteiger partial charge in [-0.3, -0.25) is 14.5 Å². The van der Waals surface area contributed by atoms with Crippen molar-refractivity contribution in [1.29, 1.82) is 0 Å². The second kappa shape index (κ2) is 8.38. The van der Waals surface area contributed by atoms with Gasteiger partial charge in [0.25, 0.3) is 15.9 Å². The summed E-state index contributed by atoms with van der Waals surface area (Å²) in [4.78, 5) is 20.7. The van der Waals surface area contributed by atoms with E-state index in [0.29, 0.717) is 28.5 Å². The predicted molar refractivity (Wildman–Crippen MR) is 126 cm³/mol. The van der Waals surface area contributed by atoms with E-state index in [4.69, 9.17) is 4.52 Å². The Kier molecular flexibility index (Phi) is 5.37. The second-order valence-electron chi connectivity index (χ2n) is 8.36. The Labute approximate surface area is 196 Å². The molecule has 5 rings (SSSR count). The maximum atomic E-state index is 12.8. The van der Waals surface area contributed by atoms with E-state index in [1.54, 1.807) is 54.7 Å². The Balaban J connectivity index is 1.26. The van der Waals surface area contributed by atoms with Gasteiger partial charge < -0.3 is 9.84 Å². The normalized spacial score (nSPS) is 14.4. The number of nitrogens with zero attached hydrogens (tertiary/aromatic N) is 3. The van der Waals surface area contributed by atoms with Crippen molar-refractivity contribution in [3.8, 4) is 23.0 Å². The number of carbonyl (C=O) groups excluding carboxylic acids is 1. The van der Waals surface area contributed by atoms with E-state index in [9.17, 15) is 13.2 Å². The third-order valence-electron chi connectivity index (χ3n) is 5.68. The SMILES string of the molecule is CC1(C(=O)Nc2ccc(NS(=O)(=O)c3ccc(-c4noc(-c5ccccn5)n4)cc3)cc2)CC1. The molecule has 0 saturated heterocycles.